The van der Waals surface area contributed by atoms with Crippen molar-refractivity contribution in [1.29, 1.82) is 0 Å². The first-order valence-corrected chi connectivity index (χ1v) is 6.59. The minimum atomic E-state index is -0.949. The molecule has 3 rings (SSSR count). The molecule has 0 bridgehead atoms. The first-order valence-electron chi connectivity index (χ1n) is 6.59. The van der Waals surface area contributed by atoms with E-state index in [9.17, 15) is 4.79 Å². The van der Waals surface area contributed by atoms with Gasteiger partial charge < -0.3 is 14.6 Å². The molecule has 1 N–H and O–H groups in total. The second kappa shape index (κ2) is 5.13. The van der Waals surface area contributed by atoms with Crippen LogP contribution in [0.25, 0.3) is 10.9 Å². The molecule has 6 heteroatoms. The van der Waals surface area contributed by atoms with Crippen LogP contribution in [0.2, 0.25) is 0 Å². The smallest absolute Gasteiger partial charge is 0.335 e. The third-order valence-corrected chi connectivity index (χ3v) is 3.49. The number of rotatable bonds is 4. The van der Waals surface area contributed by atoms with Gasteiger partial charge in [-0.15, -0.1) is 5.10 Å². The van der Waals surface area contributed by atoms with Gasteiger partial charge >= 0.3 is 5.97 Å². The Morgan fingerprint density at radius 2 is 2.45 bits per heavy atom. The lowest BCUT2D eigenvalue weighted by atomic mass is 10.1. The summed E-state index contributed by atoms with van der Waals surface area (Å²) < 4.78 is 12.9. The highest BCUT2D eigenvalue weighted by atomic mass is 16.5. The minimum absolute atomic E-state index is 0.130. The largest absolute Gasteiger partial charge is 0.478 e. The molecule has 0 unspecified atom stereocenters. The molecule has 6 nitrogen and oxygen atoms in total. The number of aromatic carboxylic acids is 1. The van der Waals surface area contributed by atoms with Gasteiger partial charge in [-0.3, -0.25) is 4.68 Å². The zero-order valence-electron chi connectivity index (χ0n) is 11.2. The fourth-order valence-electron chi connectivity index (χ4n) is 2.41. The van der Waals surface area contributed by atoms with E-state index in [2.05, 4.69) is 5.10 Å². The Bertz CT molecular complexity index is 644. The maximum atomic E-state index is 11.0. The quantitative estimate of drug-likeness (QED) is 0.922. The molecule has 0 amide bonds. The summed E-state index contributed by atoms with van der Waals surface area (Å²) in [7, 11) is 1.77. The lowest BCUT2D eigenvalue weighted by molar-refractivity contribution is 0.0666. The van der Waals surface area contributed by atoms with Crippen LogP contribution >= 0.6 is 0 Å². The molecule has 1 aromatic heterocycles. The van der Waals surface area contributed by atoms with E-state index in [1.807, 2.05) is 0 Å². The van der Waals surface area contributed by atoms with Crippen LogP contribution in [0.4, 0.5) is 0 Å². The fraction of sp³-hybridized carbons (Fsp3) is 0.429. The third kappa shape index (κ3) is 2.34. The summed E-state index contributed by atoms with van der Waals surface area (Å²) in [4.78, 5) is 11.0. The van der Waals surface area contributed by atoms with Crippen molar-refractivity contribution >= 4 is 16.9 Å². The number of fused-ring (bicyclic) bond motifs is 1. The van der Waals surface area contributed by atoms with E-state index in [1.54, 1.807) is 29.9 Å². The van der Waals surface area contributed by atoms with Crippen LogP contribution in [0.15, 0.2) is 18.2 Å². The van der Waals surface area contributed by atoms with Crippen molar-refractivity contribution < 1.29 is 19.4 Å². The van der Waals surface area contributed by atoms with E-state index in [0.717, 1.165) is 30.4 Å². The van der Waals surface area contributed by atoms with Gasteiger partial charge in [-0.25, -0.2) is 4.79 Å². The Kier molecular flexibility index (Phi) is 3.31. The van der Waals surface area contributed by atoms with E-state index < -0.39 is 5.97 Å². The van der Waals surface area contributed by atoms with E-state index >= 15 is 0 Å². The molecule has 1 atom stereocenters. The number of aromatic nitrogens is 2. The summed E-state index contributed by atoms with van der Waals surface area (Å²) in [5.74, 6) is -0.426. The molecular weight excluding hydrogens is 260 g/mol. The van der Waals surface area contributed by atoms with Gasteiger partial charge in [0.05, 0.1) is 22.6 Å². The monoisotopic (exact) mass is 276 g/mol. The van der Waals surface area contributed by atoms with Gasteiger partial charge in [0.1, 0.15) is 6.61 Å². The molecule has 0 aliphatic carbocycles. The number of carboxylic acids is 1. The van der Waals surface area contributed by atoms with Crippen LogP contribution in [0.3, 0.4) is 0 Å². The predicted octanol–water partition coefficient (Wildman–Crippen LogP) is 1.83. The van der Waals surface area contributed by atoms with Crippen molar-refractivity contribution in [2.75, 3.05) is 13.2 Å². The second-order valence-electron chi connectivity index (χ2n) is 4.91. The number of aryl methyl sites for hydroxylation is 1. The summed E-state index contributed by atoms with van der Waals surface area (Å²) in [5, 5.41) is 14.1. The molecular formula is C14H16N2O4. The first kappa shape index (κ1) is 12.9. The number of benzene rings is 1. The van der Waals surface area contributed by atoms with Gasteiger partial charge in [-0.2, -0.15) is 0 Å². The summed E-state index contributed by atoms with van der Waals surface area (Å²) in [6.45, 7) is 1.27. The van der Waals surface area contributed by atoms with Gasteiger partial charge in [-0.1, -0.05) is 0 Å². The molecule has 1 aliphatic heterocycles. The summed E-state index contributed by atoms with van der Waals surface area (Å²) in [5.41, 5.74) is 0.985. The molecule has 106 valence electrons. The molecule has 20 heavy (non-hydrogen) atoms. The van der Waals surface area contributed by atoms with Crippen molar-refractivity contribution in [2.45, 2.75) is 18.9 Å². The average molecular weight is 276 g/mol. The Morgan fingerprint density at radius 1 is 1.60 bits per heavy atom. The van der Waals surface area contributed by atoms with Crippen LogP contribution in [0, 0.1) is 0 Å². The Hall–Kier alpha value is -2.08. The van der Waals surface area contributed by atoms with Crippen molar-refractivity contribution in [2.24, 2.45) is 7.05 Å². The zero-order valence-corrected chi connectivity index (χ0v) is 11.2. The van der Waals surface area contributed by atoms with E-state index in [0.29, 0.717) is 12.5 Å². The lowest BCUT2D eigenvalue weighted by Crippen LogP contribution is -2.16. The van der Waals surface area contributed by atoms with Gasteiger partial charge in [0.2, 0.25) is 5.88 Å². The molecule has 0 spiro atoms. The van der Waals surface area contributed by atoms with E-state index in [4.69, 9.17) is 14.6 Å². The minimum Gasteiger partial charge on any atom is -0.478 e. The van der Waals surface area contributed by atoms with E-state index in [1.165, 1.54) is 0 Å². The second-order valence-corrected chi connectivity index (χ2v) is 4.91. The van der Waals surface area contributed by atoms with E-state index in [-0.39, 0.29) is 11.7 Å². The molecule has 2 heterocycles. The van der Waals surface area contributed by atoms with Gasteiger partial charge in [-0.05, 0) is 31.0 Å². The Labute approximate surface area is 115 Å². The van der Waals surface area contributed by atoms with Crippen LogP contribution < -0.4 is 4.74 Å². The maximum Gasteiger partial charge on any atom is 0.335 e. The standard InChI is InChI=1S/C14H16N2O4/c1-16-12-7-9(14(17)18)4-5-11(12)13(15-16)20-8-10-3-2-6-19-10/h4-5,7,10H,2-3,6,8H2,1H3,(H,17,18)/t10-/m0/s1. The highest BCUT2D eigenvalue weighted by Crippen LogP contribution is 2.26. The molecule has 1 saturated heterocycles. The molecule has 1 aromatic carbocycles. The summed E-state index contributed by atoms with van der Waals surface area (Å²) >= 11 is 0. The maximum absolute atomic E-state index is 11.0. The normalized spacial score (nSPS) is 18.6. The molecule has 0 saturated carbocycles. The SMILES string of the molecule is Cn1nc(OC[C@@H]2CCCO2)c2ccc(C(=O)O)cc21. The number of nitrogens with zero attached hydrogens (tertiary/aromatic N) is 2. The molecule has 1 aliphatic rings. The summed E-state index contributed by atoms with van der Waals surface area (Å²) in [6.07, 6.45) is 2.21. The summed E-state index contributed by atoms with van der Waals surface area (Å²) in [6, 6.07) is 4.89. The fourth-order valence-corrected chi connectivity index (χ4v) is 2.41. The van der Waals surface area contributed by atoms with Crippen molar-refractivity contribution in [1.82, 2.24) is 9.78 Å². The number of carbonyl (C=O) groups is 1. The highest BCUT2D eigenvalue weighted by Gasteiger charge is 2.18. The number of hydrogen-bond donors (Lipinski definition) is 1. The third-order valence-electron chi connectivity index (χ3n) is 3.49. The Balaban J connectivity index is 1.85. The molecule has 2 aromatic rings. The predicted molar refractivity (Wildman–Crippen MR) is 72.1 cm³/mol. The van der Waals surface area contributed by atoms with Crippen LogP contribution in [0.1, 0.15) is 23.2 Å². The molecule has 0 radical (unpaired) electrons. The van der Waals surface area contributed by atoms with Gasteiger partial charge in [0, 0.05) is 13.7 Å². The average Bonchev–Trinajstić information content (AvgIpc) is 3.05. The van der Waals surface area contributed by atoms with Crippen LogP contribution in [-0.4, -0.2) is 40.2 Å². The first-order chi connectivity index (χ1) is 9.65. The van der Waals surface area contributed by atoms with Crippen molar-refractivity contribution in [3.8, 4) is 5.88 Å². The van der Waals surface area contributed by atoms with Crippen molar-refractivity contribution in [3.05, 3.63) is 23.8 Å². The number of ether oxygens (including phenoxy) is 2. The Morgan fingerprint density at radius 3 is 3.15 bits per heavy atom. The van der Waals surface area contributed by atoms with Gasteiger partial charge in [0.25, 0.3) is 0 Å². The zero-order chi connectivity index (χ0) is 14.1. The topological polar surface area (TPSA) is 73.6 Å². The number of carboxylic acid groups (broad SMARTS) is 1. The van der Waals surface area contributed by atoms with Gasteiger partial charge in [0.15, 0.2) is 0 Å². The van der Waals surface area contributed by atoms with Crippen molar-refractivity contribution in [3.63, 3.8) is 0 Å². The van der Waals surface area contributed by atoms with Crippen LogP contribution in [-0.2, 0) is 11.8 Å². The van der Waals surface area contributed by atoms with Crippen LogP contribution in [0.5, 0.6) is 5.88 Å². The highest BCUT2D eigenvalue weighted by molar-refractivity contribution is 5.94. The molecule has 1 fully saturated rings. The lowest BCUT2D eigenvalue weighted by Gasteiger charge is -2.09. The number of hydrogen-bond acceptors (Lipinski definition) is 4.